The number of piperidine rings is 1. The molecule has 2 saturated heterocycles. The Hall–Kier alpha value is -1.88. The highest BCUT2D eigenvalue weighted by molar-refractivity contribution is 6.07. The lowest BCUT2D eigenvalue weighted by Gasteiger charge is -2.43. The number of carbonyl (C=O) groups excluding carboxylic acids is 2. The van der Waals surface area contributed by atoms with Gasteiger partial charge >= 0.3 is 6.03 Å². The van der Waals surface area contributed by atoms with E-state index in [1.54, 1.807) is 0 Å². The van der Waals surface area contributed by atoms with Gasteiger partial charge in [0, 0.05) is 32.7 Å². The Morgan fingerprint density at radius 3 is 2.25 bits per heavy atom. The molecule has 1 unspecified atom stereocenters. The third kappa shape index (κ3) is 3.95. The molecule has 2 aliphatic rings. The molecule has 1 aromatic carbocycles. The first-order valence-electron chi connectivity index (χ1n) is 10.8. The van der Waals surface area contributed by atoms with Crippen molar-refractivity contribution in [3.8, 4) is 0 Å². The summed E-state index contributed by atoms with van der Waals surface area (Å²) in [6.45, 7) is 12.4. The highest BCUT2D eigenvalue weighted by Crippen LogP contribution is 2.38. The van der Waals surface area contributed by atoms with Crippen LogP contribution in [0.1, 0.15) is 58.4 Å². The van der Waals surface area contributed by atoms with E-state index in [-0.39, 0.29) is 11.9 Å². The normalized spacial score (nSPS) is 21.2. The van der Waals surface area contributed by atoms with Crippen LogP contribution in [0.5, 0.6) is 0 Å². The second kappa shape index (κ2) is 8.64. The summed E-state index contributed by atoms with van der Waals surface area (Å²) in [6, 6.07) is 10.5. The smallest absolute Gasteiger partial charge is 0.309 e. The molecule has 3 amide bonds. The molecule has 2 fully saturated rings. The van der Waals surface area contributed by atoms with E-state index >= 15 is 0 Å². The van der Waals surface area contributed by atoms with Gasteiger partial charge in [0.2, 0.25) is 0 Å². The number of imide groups is 1. The van der Waals surface area contributed by atoms with Gasteiger partial charge in [-0.25, -0.2) is 4.79 Å². The van der Waals surface area contributed by atoms with Crippen LogP contribution < -0.4 is 0 Å². The molecular formula is C23H35N3O2. The maximum absolute atomic E-state index is 13.2. The van der Waals surface area contributed by atoms with Crippen LogP contribution in [0.2, 0.25) is 0 Å². The Morgan fingerprint density at radius 2 is 1.68 bits per heavy atom. The van der Waals surface area contributed by atoms with Crippen molar-refractivity contribution >= 4 is 11.9 Å². The quantitative estimate of drug-likeness (QED) is 0.668. The van der Waals surface area contributed by atoms with E-state index < -0.39 is 5.54 Å². The van der Waals surface area contributed by atoms with Crippen molar-refractivity contribution in [2.45, 2.75) is 58.4 Å². The molecular weight excluding hydrogens is 350 g/mol. The first kappa shape index (κ1) is 20.8. The second-order valence-electron chi connectivity index (χ2n) is 8.81. The third-order valence-electron chi connectivity index (χ3n) is 6.45. The zero-order chi connectivity index (χ0) is 20.3. The van der Waals surface area contributed by atoms with Gasteiger partial charge in [-0.3, -0.25) is 9.69 Å². The van der Waals surface area contributed by atoms with E-state index in [0.29, 0.717) is 24.9 Å². The van der Waals surface area contributed by atoms with Crippen molar-refractivity contribution in [1.29, 1.82) is 0 Å². The van der Waals surface area contributed by atoms with Crippen molar-refractivity contribution in [2.24, 2.45) is 5.92 Å². The molecule has 0 saturated carbocycles. The molecule has 5 nitrogen and oxygen atoms in total. The number of benzene rings is 1. The largest absolute Gasteiger partial charge is 0.327 e. The van der Waals surface area contributed by atoms with Crippen LogP contribution in [-0.2, 0) is 4.79 Å². The van der Waals surface area contributed by atoms with Crippen LogP contribution in [-0.4, -0.2) is 64.9 Å². The van der Waals surface area contributed by atoms with E-state index in [1.807, 2.05) is 11.8 Å². The summed E-state index contributed by atoms with van der Waals surface area (Å²) < 4.78 is 0. The van der Waals surface area contributed by atoms with Crippen LogP contribution in [0.4, 0.5) is 4.79 Å². The minimum Gasteiger partial charge on any atom is -0.309 e. The van der Waals surface area contributed by atoms with E-state index in [0.717, 1.165) is 38.9 Å². The van der Waals surface area contributed by atoms with E-state index in [2.05, 4.69) is 56.0 Å². The highest BCUT2D eigenvalue weighted by atomic mass is 16.2. The average Bonchev–Trinajstić information content (AvgIpc) is 2.88. The van der Waals surface area contributed by atoms with E-state index in [9.17, 15) is 9.59 Å². The number of likely N-dealkylation sites (tertiary alicyclic amines) is 1. The van der Waals surface area contributed by atoms with Crippen LogP contribution in [0.15, 0.2) is 30.3 Å². The monoisotopic (exact) mass is 385 g/mol. The van der Waals surface area contributed by atoms with Crippen molar-refractivity contribution in [2.75, 3.05) is 32.7 Å². The van der Waals surface area contributed by atoms with Gasteiger partial charge in [0.15, 0.2) is 0 Å². The number of hydrogen-bond acceptors (Lipinski definition) is 3. The molecule has 1 atom stereocenters. The average molecular weight is 386 g/mol. The molecule has 28 heavy (non-hydrogen) atoms. The number of amides is 3. The van der Waals surface area contributed by atoms with Gasteiger partial charge in [-0.15, -0.1) is 0 Å². The van der Waals surface area contributed by atoms with Gasteiger partial charge in [-0.05, 0) is 43.6 Å². The SMILES string of the molecule is CCN1C(=O)N(CCC(C)C)C2(CCN(CC(C)c3ccccc3)CC2)C1=O. The second-order valence-corrected chi connectivity index (χ2v) is 8.81. The predicted molar refractivity (Wildman–Crippen MR) is 112 cm³/mol. The Bertz CT molecular complexity index is 680. The standard InChI is InChI=1S/C23H35N3O2/c1-5-25-21(27)23(26(22(25)28)14-11-18(2)3)12-15-24(16-13-23)17-19(4)20-9-7-6-8-10-20/h6-10,18-19H,5,11-17H2,1-4H3. The molecule has 2 heterocycles. The Balaban J connectivity index is 1.68. The molecule has 3 rings (SSSR count). The summed E-state index contributed by atoms with van der Waals surface area (Å²) in [5.74, 6) is 1.00. The number of rotatable bonds is 7. The maximum Gasteiger partial charge on any atom is 0.327 e. The van der Waals surface area contributed by atoms with Crippen LogP contribution in [0, 0.1) is 5.92 Å². The van der Waals surface area contributed by atoms with Gasteiger partial charge in [-0.1, -0.05) is 51.1 Å². The third-order valence-corrected chi connectivity index (χ3v) is 6.45. The fourth-order valence-corrected chi connectivity index (χ4v) is 4.62. The Morgan fingerprint density at radius 1 is 1.04 bits per heavy atom. The van der Waals surface area contributed by atoms with Crippen LogP contribution >= 0.6 is 0 Å². The van der Waals surface area contributed by atoms with Gasteiger partial charge in [-0.2, -0.15) is 0 Å². The minimum absolute atomic E-state index is 0.0273. The van der Waals surface area contributed by atoms with Crippen LogP contribution in [0.25, 0.3) is 0 Å². The lowest BCUT2D eigenvalue weighted by Crippen LogP contribution is -2.57. The maximum atomic E-state index is 13.2. The number of likely N-dealkylation sites (N-methyl/N-ethyl adjacent to an activating group) is 1. The summed E-state index contributed by atoms with van der Waals surface area (Å²) in [4.78, 5) is 31.9. The summed E-state index contributed by atoms with van der Waals surface area (Å²) in [6.07, 6.45) is 2.43. The fourth-order valence-electron chi connectivity index (χ4n) is 4.62. The number of hydrogen-bond donors (Lipinski definition) is 0. The highest BCUT2D eigenvalue weighted by Gasteiger charge is 2.57. The topological polar surface area (TPSA) is 43.9 Å². The minimum atomic E-state index is -0.617. The molecule has 0 N–H and O–H groups in total. The first-order valence-corrected chi connectivity index (χ1v) is 10.8. The van der Waals surface area contributed by atoms with E-state index in [4.69, 9.17) is 0 Å². The molecule has 5 heteroatoms. The summed E-state index contributed by atoms with van der Waals surface area (Å²) in [7, 11) is 0. The Labute approximate surface area is 169 Å². The van der Waals surface area contributed by atoms with Crippen LogP contribution in [0.3, 0.4) is 0 Å². The molecule has 0 radical (unpaired) electrons. The van der Waals surface area contributed by atoms with Crippen molar-refractivity contribution in [3.63, 3.8) is 0 Å². The number of carbonyl (C=O) groups is 2. The zero-order valence-electron chi connectivity index (χ0n) is 17.9. The first-order chi connectivity index (χ1) is 13.4. The predicted octanol–water partition coefficient (Wildman–Crippen LogP) is 3.95. The molecule has 154 valence electrons. The molecule has 0 aliphatic carbocycles. The van der Waals surface area contributed by atoms with Crippen molar-refractivity contribution in [1.82, 2.24) is 14.7 Å². The molecule has 2 aliphatic heterocycles. The number of urea groups is 1. The molecule has 0 bridgehead atoms. The van der Waals surface area contributed by atoms with Gasteiger partial charge in [0.25, 0.3) is 5.91 Å². The molecule has 1 spiro atoms. The van der Waals surface area contributed by atoms with Gasteiger partial charge < -0.3 is 9.80 Å². The summed E-state index contributed by atoms with van der Waals surface area (Å²) in [5, 5.41) is 0. The lowest BCUT2D eigenvalue weighted by molar-refractivity contribution is -0.135. The van der Waals surface area contributed by atoms with Crippen molar-refractivity contribution in [3.05, 3.63) is 35.9 Å². The van der Waals surface area contributed by atoms with E-state index in [1.165, 1.54) is 10.5 Å². The summed E-state index contributed by atoms with van der Waals surface area (Å²) in [5.41, 5.74) is 0.736. The molecule has 1 aromatic rings. The number of nitrogens with zero attached hydrogens (tertiary/aromatic N) is 3. The zero-order valence-corrected chi connectivity index (χ0v) is 17.9. The van der Waals surface area contributed by atoms with Gasteiger partial charge in [0.1, 0.15) is 5.54 Å². The van der Waals surface area contributed by atoms with Crippen molar-refractivity contribution < 1.29 is 9.59 Å². The Kier molecular flexibility index (Phi) is 6.43. The summed E-state index contributed by atoms with van der Waals surface area (Å²) >= 11 is 0. The lowest BCUT2D eigenvalue weighted by atomic mass is 9.85. The van der Waals surface area contributed by atoms with Gasteiger partial charge in [0.05, 0.1) is 0 Å². The molecule has 0 aromatic heterocycles. The fraction of sp³-hybridized carbons (Fsp3) is 0.652.